The predicted molar refractivity (Wildman–Crippen MR) is 106 cm³/mol. The summed E-state index contributed by atoms with van der Waals surface area (Å²) in [5.74, 6) is 0.208. The summed E-state index contributed by atoms with van der Waals surface area (Å²) in [6.45, 7) is 2.11. The predicted octanol–water partition coefficient (Wildman–Crippen LogP) is 2.59. The monoisotopic (exact) mass is 409 g/mol. The highest BCUT2D eigenvalue weighted by atomic mass is 16.5. The minimum atomic E-state index is -0.532. The summed E-state index contributed by atoms with van der Waals surface area (Å²) >= 11 is 0. The van der Waals surface area contributed by atoms with Crippen LogP contribution in [0, 0.1) is 6.92 Å². The Kier molecular flexibility index (Phi) is 5.60. The second kappa shape index (κ2) is 8.48. The Morgan fingerprint density at radius 1 is 1.23 bits per heavy atom. The van der Waals surface area contributed by atoms with E-state index in [4.69, 9.17) is 9.15 Å². The SMILES string of the molecule is COC(=O)c1nc(CCN(C(=O)c2ccccc2-n2nccn2)C2CCC2)oc1C. The zero-order chi connectivity index (χ0) is 21.1. The molecule has 4 rings (SSSR count). The highest BCUT2D eigenvalue weighted by Gasteiger charge is 2.31. The van der Waals surface area contributed by atoms with Crippen LogP contribution in [-0.2, 0) is 11.2 Å². The molecule has 0 N–H and O–H groups in total. The fourth-order valence-electron chi connectivity index (χ4n) is 3.53. The average Bonchev–Trinajstić information content (AvgIpc) is 3.38. The fourth-order valence-corrected chi connectivity index (χ4v) is 3.53. The summed E-state index contributed by atoms with van der Waals surface area (Å²) in [6, 6.07) is 7.47. The average molecular weight is 409 g/mol. The van der Waals surface area contributed by atoms with Gasteiger partial charge in [0, 0.05) is 19.0 Å². The van der Waals surface area contributed by atoms with Crippen LogP contribution in [0.1, 0.15) is 51.8 Å². The topological polar surface area (TPSA) is 103 Å². The van der Waals surface area contributed by atoms with Crippen molar-refractivity contribution < 1.29 is 18.7 Å². The van der Waals surface area contributed by atoms with E-state index in [2.05, 4.69) is 15.2 Å². The number of aromatic nitrogens is 4. The first-order valence-corrected chi connectivity index (χ1v) is 9.89. The van der Waals surface area contributed by atoms with Gasteiger partial charge in [-0.2, -0.15) is 15.0 Å². The first-order valence-electron chi connectivity index (χ1n) is 9.89. The van der Waals surface area contributed by atoms with Crippen LogP contribution >= 0.6 is 0 Å². The molecule has 0 radical (unpaired) electrons. The van der Waals surface area contributed by atoms with Gasteiger partial charge in [0.15, 0.2) is 11.6 Å². The van der Waals surface area contributed by atoms with Crippen molar-refractivity contribution in [2.24, 2.45) is 0 Å². The Hall–Kier alpha value is -3.49. The molecule has 1 aliphatic carbocycles. The molecular weight excluding hydrogens is 386 g/mol. The first-order chi connectivity index (χ1) is 14.6. The van der Waals surface area contributed by atoms with Crippen LogP contribution in [0.15, 0.2) is 41.1 Å². The van der Waals surface area contributed by atoms with Crippen molar-refractivity contribution in [1.82, 2.24) is 24.9 Å². The van der Waals surface area contributed by atoms with Gasteiger partial charge in [-0.25, -0.2) is 9.78 Å². The van der Waals surface area contributed by atoms with Crippen molar-refractivity contribution in [1.29, 1.82) is 0 Å². The number of amides is 1. The number of para-hydroxylation sites is 1. The van der Waals surface area contributed by atoms with E-state index < -0.39 is 5.97 Å². The third-order valence-corrected chi connectivity index (χ3v) is 5.33. The van der Waals surface area contributed by atoms with Crippen LogP contribution in [-0.4, -0.2) is 56.5 Å². The standard InChI is InChI=1S/C21H23N5O4/c1-14-19(21(28)29-2)24-18(30-14)10-13-25(15-6-5-7-15)20(27)16-8-3-4-9-17(16)26-22-11-12-23-26/h3-4,8-9,11-12,15H,5-7,10,13H2,1-2H3. The van der Waals surface area contributed by atoms with Crippen LogP contribution < -0.4 is 0 Å². The van der Waals surface area contributed by atoms with Crippen LogP contribution in [0.2, 0.25) is 0 Å². The minimum absolute atomic E-state index is 0.0796. The van der Waals surface area contributed by atoms with Crippen LogP contribution in [0.3, 0.4) is 0 Å². The van der Waals surface area contributed by atoms with E-state index in [-0.39, 0.29) is 17.6 Å². The van der Waals surface area contributed by atoms with E-state index in [1.165, 1.54) is 11.9 Å². The van der Waals surface area contributed by atoms with Gasteiger partial charge < -0.3 is 14.1 Å². The lowest BCUT2D eigenvalue weighted by molar-refractivity contribution is 0.0573. The zero-order valence-corrected chi connectivity index (χ0v) is 16.9. The van der Waals surface area contributed by atoms with E-state index in [1.807, 2.05) is 23.1 Å². The van der Waals surface area contributed by atoms with Gasteiger partial charge in [0.25, 0.3) is 5.91 Å². The molecule has 0 aliphatic heterocycles. The quantitative estimate of drug-likeness (QED) is 0.553. The molecule has 1 aliphatic rings. The van der Waals surface area contributed by atoms with Gasteiger partial charge in [0.05, 0.1) is 30.8 Å². The third kappa shape index (κ3) is 3.83. The number of nitrogens with zero attached hydrogens (tertiary/aromatic N) is 5. The molecule has 1 aromatic carbocycles. The van der Waals surface area contributed by atoms with Crippen molar-refractivity contribution in [2.75, 3.05) is 13.7 Å². The van der Waals surface area contributed by atoms with Crippen molar-refractivity contribution >= 4 is 11.9 Å². The molecule has 2 heterocycles. The van der Waals surface area contributed by atoms with Crippen LogP contribution in [0.4, 0.5) is 0 Å². The lowest BCUT2D eigenvalue weighted by Crippen LogP contribution is -2.45. The first kappa shape index (κ1) is 19.8. The van der Waals surface area contributed by atoms with Crippen LogP contribution in [0.5, 0.6) is 0 Å². The van der Waals surface area contributed by atoms with Crippen molar-refractivity contribution in [3.05, 3.63) is 59.6 Å². The number of rotatable bonds is 7. The highest BCUT2D eigenvalue weighted by Crippen LogP contribution is 2.28. The molecule has 156 valence electrons. The second-order valence-corrected chi connectivity index (χ2v) is 7.17. The van der Waals surface area contributed by atoms with E-state index in [9.17, 15) is 9.59 Å². The number of hydrogen-bond acceptors (Lipinski definition) is 7. The smallest absolute Gasteiger partial charge is 0.360 e. The molecule has 1 fully saturated rings. The summed E-state index contributed by atoms with van der Waals surface area (Å²) in [4.78, 5) is 32.8. The molecule has 0 saturated heterocycles. The van der Waals surface area contributed by atoms with Gasteiger partial charge >= 0.3 is 5.97 Å². The molecule has 0 bridgehead atoms. The Balaban J connectivity index is 1.56. The molecule has 1 amide bonds. The molecule has 0 spiro atoms. The summed E-state index contributed by atoms with van der Waals surface area (Å²) < 4.78 is 10.3. The molecule has 3 aromatic rings. The van der Waals surface area contributed by atoms with Gasteiger partial charge in [-0.05, 0) is 38.3 Å². The minimum Gasteiger partial charge on any atom is -0.464 e. The van der Waals surface area contributed by atoms with Crippen molar-refractivity contribution in [3.8, 4) is 5.69 Å². The van der Waals surface area contributed by atoms with Gasteiger partial charge in [-0.3, -0.25) is 4.79 Å². The molecule has 30 heavy (non-hydrogen) atoms. The molecule has 9 heteroatoms. The summed E-state index contributed by atoms with van der Waals surface area (Å²) in [5, 5.41) is 8.33. The largest absolute Gasteiger partial charge is 0.464 e. The maximum atomic E-state index is 13.5. The number of oxazole rings is 1. The molecule has 0 atom stereocenters. The molecule has 1 saturated carbocycles. The summed E-state index contributed by atoms with van der Waals surface area (Å²) in [7, 11) is 1.30. The lowest BCUT2D eigenvalue weighted by atomic mass is 9.90. The summed E-state index contributed by atoms with van der Waals surface area (Å²) in [5.41, 5.74) is 1.35. The molecular formula is C21H23N5O4. The number of hydrogen-bond donors (Lipinski definition) is 0. The Labute approximate surface area is 173 Å². The Bertz CT molecular complexity index is 1040. The van der Waals surface area contributed by atoms with Gasteiger partial charge in [-0.15, -0.1) is 0 Å². The lowest BCUT2D eigenvalue weighted by Gasteiger charge is -2.37. The van der Waals surface area contributed by atoms with E-state index in [0.717, 1.165) is 19.3 Å². The van der Waals surface area contributed by atoms with Crippen LogP contribution in [0.25, 0.3) is 5.69 Å². The second-order valence-electron chi connectivity index (χ2n) is 7.17. The maximum Gasteiger partial charge on any atom is 0.360 e. The zero-order valence-electron chi connectivity index (χ0n) is 16.9. The highest BCUT2D eigenvalue weighted by molar-refractivity contribution is 5.98. The maximum absolute atomic E-state index is 13.5. The van der Waals surface area contributed by atoms with E-state index in [1.54, 1.807) is 25.4 Å². The summed E-state index contributed by atoms with van der Waals surface area (Å²) in [6.07, 6.45) is 6.59. The molecule has 9 nitrogen and oxygen atoms in total. The Morgan fingerprint density at radius 2 is 1.97 bits per heavy atom. The third-order valence-electron chi connectivity index (χ3n) is 5.33. The van der Waals surface area contributed by atoms with Gasteiger partial charge in [0.2, 0.25) is 0 Å². The molecule has 2 aromatic heterocycles. The molecule has 0 unspecified atom stereocenters. The number of aryl methyl sites for hydroxylation is 1. The fraction of sp³-hybridized carbons (Fsp3) is 0.381. The normalized spacial score (nSPS) is 13.7. The number of carbonyl (C=O) groups excluding carboxylic acids is 2. The number of esters is 1. The van der Waals surface area contributed by atoms with Gasteiger partial charge in [0.1, 0.15) is 5.76 Å². The number of carbonyl (C=O) groups is 2. The van der Waals surface area contributed by atoms with Crippen molar-refractivity contribution in [3.63, 3.8) is 0 Å². The van der Waals surface area contributed by atoms with E-state index in [0.29, 0.717) is 35.9 Å². The van der Waals surface area contributed by atoms with Gasteiger partial charge in [-0.1, -0.05) is 12.1 Å². The number of benzene rings is 1. The van der Waals surface area contributed by atoms with E-state index >= 15 is 0 Å². The Morgan fingerprint density at radius 3 is 2.63 bits per heavy atom. The number of methoxy groups -OCH3 is 1. The van der Waals surface area contributed by atoms with Crippen molar-refractivity contribution in [2.45, 2.75) is 38.6 Å². The number of ether oxygens (including phenoxy) is 1.